The average molecular weight is 220 g/mol. The minimum atomic E-state index is 0.658. The Morgan fingerprint density at radius 1 is 1.40 bits per heavy atom. The van der Waals surface area contributed by atoms with E-state index >= 15 is 0 Å². The van der Waals surface area contributed by atoms with E-state index in [2.05, 4.69) is 4.98 Å². The molecule has 0 atom stereocenters. The highest BCUT2D eigenvalue weighted by atomic mass is 32.2. The number of nitrogens with zero attached hydrogens (tertiary/aromatic N) is 2. The first-order valence-electron chi connectivity index (χ1n) is 4.61. The summed E-state index contributed by atoms with van der Waals surface area (Å²) in [7, 11) is 0. The van der Waals surface area contributed by atoms with E-state index in [1.807, 2.05) is 41.3 Å². The summed E-state index contributed by atoms with van der Waals surface area (Å²) < 4.78 is 7.56. The fraction of sp³-hybridized carbons (Fsp3) is 0.182. The van der Waals surface area contributed by atoms with Gasteiger partial charge in [-0.05, 0) is 18.4 Å². The Morgan fingerprint density at radius 2 is 2.27 bits per heavy atom. The predicted molar refractivity (Wildman–Crippen MR) is 62.6 cm³/mol. The summed E-state index contributed by atoms with van der Waals surface area (Å²) in [5.74, 6) is 1.54. The number of thioether (sulfide) groups is 1. The third-order valence-corrected chi connectivity index (χ3v) is 2.33. The molecule has 2 aromatic rings. The molecule has 0 radical (unpaired) electrons. The molecule has 0 aliphatic rings. The van der Waals surface area contributed by atoms with Crippen molar-refractivity contribution < 1.29 is 4.74 Å². The van der Waals surface area contributed by atoms with Crippen LogP contribution in [0.15, 0.2) is 43.0 Å². The van der Waals surface area contributed by atoms with Crippen molar-refractivity contribution in [2.24, 2.45) is 0 Å². The maximum atomic E-state index is 5.62. The Kier molecular flexibility index (Phi) is 3.29. The summed E-state index contributed by atoms with van der Waals surface area (Å²) in [5.41, 5.74) is 1.02. The van der Waals surface area contributed by atoms with Crippen LogP contribution in [0.3, 0.4) is 0 Å². The van der Waals surface area contributed by atoms with Crippen LogP contribution in [0.4, 0.5) is 0 Å². The average Bonchev–Trinajstić information content (AvgIpc) is 2.80. The zero-order valence-corrected chi connectivity index (χ0v) is 9.28. The summed E-state index contributed by atoms with van der Waals surface area (Å²) in [5, 5.41) is 0. The second-order valence-electron chi connectivity index (χ2n) is 2.99. The topological polar surface area (TPSA) is 27.1 Å². The number of rotatable bonds is 4. The van der Waals surface area contributed by atoms with Crippen LogP contribution in [-0.4, -0.2) is 21.7 Å². The van der Waals surface area contributed by atoms with Gasteiger partial charge in [0.25, 0.3) is 0 Å². The first-order valence-corrected chi connectivity index (χ1v) is 6.00. The van der Waals surface area contributed by atoms with Crippen LogP contribution in [-0.2, 0) is 0 Å². The first kappa shape index (κ1) is 10.1. The van der Waals surface area contributed by atoms with Crippen molar-refractivity contribution in [3.05, 3.63) is 43.0 Å². The number of imidazole rings is 1. The lowest BCUT2D eigenvalue weighted by Crippen LogP contribution is -1.98. The van der Waals surface area contributed by atoms with Gasteiger partial charge in [0.2, 0.25) is 0 Å². The Hall–Kier alpha value is -1.42. The number of hydrogen-bond acceptors (Lipinski definition) is 3. The van der Waals surface area contributed by atoms with E-state index in [4.69, 9.17) is 4.74 Å². The van der Waals surface area contributed by atoms with Crippen molar-refractivity contribution in [1.82, 2.24) is 9.55 Å². The van der Waals surface area contributed by atoms with E-state index in [0.717, 1.165) is 11.4 Å². The van der Waals surface area contributed by atoms with E-state index in [9.17, 15) is 0 Å². The molecule has 0 aliphatic heterocycles. The highest BCUT2D eigenvalue weighted by Crippen LogP contribution is 2.22. The number of hydrogen-bond donors (Lipinski definition) is 0. The summed E-state index contributed by atoms with van der Waals surface area (Å²) in [6.45, 7) is 0. The largest absolute Gasteiger partial charge is 0.481 e. The predicted octanol–water partition coefficient (Wildman–Crippen LogP) is 2.57. The van der Waals surface area contributed by atoms with Gasteiger partial charge < -0.3 is 9.30 Å². The van der Waals surface area contributed by atoms with Crippen molar-refractivity contribution in [2.45, 2.75) is 0 Å². The molecule has 0 N–H and O–H groups in total. The number of ether oxygens (including phenoxy) is 1. The van der Waals surface area contributed by atoms with Crippen LogP contribution in [0, 0.1) is 0 Å². The van der Waals surface area contributed by atoms with Crippen LogP contribution in [0.25, 0.3) is 5.69 Å². The van der Waals surface area contributed by atoms with Gasteiger partial charge in [0.15, 0.2) is 0 Å². The van der Waals surface area contributed by atoms with Crippen LogP contribution >= 0.6 is 11.8 Å². The first-order chi connectivity index (χ1) is 7.42. The van der Waals surface area contributed by atoms with Crippen LogP contribution in [0.2, 0.25) is 0 Å². The summed E-state index contributed by atoms with van der Waals surface area (Å²) >= 11 is 1.66. The molecule has 0 bridgehead atoms. The van der Waals surface area contributed by atoms with Crippen molar-refractivity contribution in [3.8, 4) is 11.4 Å². The molecule has 0 unspecified atom stereocenters. The SMILES string of the molecule is CSCOc1ccccc1-n1ccnc1. The van der Waals surface area contributed by atoms with Gasteiger partial charge >= 0.3 is 0 Å². The van der Waals surface area contributed by atoms with E-state index in [-0.39, 0.29) is 0 Å². The maximum Gasteiger partial charge on any atom is 0.144 e. The standard InChI is InChI=1S/C11H12N2OS/c1-15-9-14-11-5-3-2-4-10(11)13-7-6-12-8-13/h2-8H,9H2,1H3. The molecule has 1 heterocycles. The second kappa shape index (κ2) is 4.89. The molecular weight excluding hydrogens is 208 g/mol. The Labute approximate surface area is 93.1 Å². The lowest BCUT2D eigenvalue weighted by atomic mass is 10.3. The molecule has 0 saturated heterocycles. The molecule has 0 amide bonds. The minimum absolute atomic E-state index is 0.658. The van der Waals surface area contributed by atoms with E-state index in [1.54, 1.807) is 24.3 Å². The fourth-order valence-corrected chi connectivity index (χ4v) is 1.56. The van der Waals surface area contributed by atoms with E-state index < -0.39 is 0 Å². The maximum absolute atomic E-state index is 5.62. The summed E-state index contributed by atoms with van der Waals surface area (Å²) in [6.07, 6.45) is 7.44. The molecule has 15 heavy (non-hydrogen) atoms. The van der Waals surface area contributed by atoms with E-state index in [0.29, 0.717) is 5.94 Å². The molecule has 0 saturated carbocycles. The molecule has 2 rings (SSSR count). The molecular formula is C11H12N2OS. The van der Waals surface area contributed by atoms with Crippen LogP contribution in [0.5, 0.6) is 5.75 Å². The molecule has 3 nitrogen and oxygen atoms in total. The number of benzene rings is 1. The van der Waals surface area contributed by atoms with Gasteiger partial charge in [-0.1, -0.05) is 12.1 Å². The zero-order chi connectivity index (χ0) is 10.5. The summed E-state index contributed by atoms with van der Waals surface area (Å²) in [6, 6.07) is 7.93. The Bertz CT molecular complexity index is 414. The lowest BCUT2D eigenvalue weighted by molar-refractivity contribution is 0.392. The second-order valence-corrected chi connectivity index (χ2v) is 3.80. The monoisotopic (exact) mass is 220 g/mol. The normalized spacial score (nSPS) is 10.2. The Morgan fingerprint density at radius 3 is 3.00 bits per heavy atom. The van der Waals surface area contributed by atoms with Gasteiger partial charge in [-0.25, -0.2) is 4.98 Å². The summed E-state index contributed by atoms with van der Waals surface area (Å²) in [4.78, 5) is 4.02. The Balaban J connectivity index is 2.30. The minimum Gasteiger partial charge on any atom is -0.481 e. The van der Waals surface area contributed by atoms with Gasteiger partial charge in [-0.15, -0.1) is 11.8 Å². The molecule has 0 fully saturated rings. The van der Waals surface area contributed by atoms with Crippen LogP contribution < -0.4 is 4.74 Å². The molecule has 4 heteroatoms. The van der Waals surface area contributed by atoms with Gasteiger partial charge in [-0.3, -0.25) is 0 Å². The molecule has 1 aromatic heterocycles. The molecule has 0 spiro atoms. The van der Waals surface area contributed by atoms with Crippen molar-refractivity contribution in [1.29, 1.82) is 0 Å². The van der Waals surface area contributed by atoms with Crippen LogP contribution in [0.1, 0.15) is 0 Å². The van der Waals surface area contributed by atoms with Gasteiger partial charge in [0, 0.05) is 12.4 Å². The quantitative estimate of drug-likeness (QED) is 0.741. The van der Waals surface area contributed by atoms with Gasteiger partial charge in [0.1, 0.15) is 11.7 Å². The van der Waals surface area contributed by atoms with Crippen molar-refractivity contribution >= 4 is 11.8 Å². The van der Waals surface area contributed by atoms with E-state index in [1.165, 1.54) is 0 Å². The molecule has 1 aromatic carbocycles. The lowest BCUT2D eigenvalue weighted by Gasteiger charge is -2.10. The molecule has 78 valence electrons. The van der Waals surface area contributed by atoms with Gasteiger partial charge in [-0.2, -0.15) is 0 Å². The third-order valence-electron chi connectivity index (χ3n) is 1.98. The van der Waals surface area contributed by atoms with Crippen molar-refractivity contribution in [3.63, 3.8) is 0 Å². The van der Waals surface area contributed by atoms with Gasteiger partial charge in [0.05, 0.1) is 12.0 Å². The fourth-order valence-electron chi connectivity index (χ4n) is 1.32. The van der Waals surface area contributed by atoms with Crippen molar-refractivity contribution in [2.75, 3.05) is 12.2 Å². The molecule has 0 aliphatic carbocycles. The number of para-hydroxylation sites is 2. The number of aromatic nitrogens is 2. The highest BCUT2D eigenvalue weighted by Gasteiger charge is 2.03. The third kappa shape index (κ3) is 2.33. The zero-order valence-electron chi connectivity index (χ0n) is 8.46. The highest BCUT2D eigenvalue weighted by molar-refractivity contribution is 7.98. The smallest absolute Gasteiger partial charge is 0.144 e.